The van der Waals surface area contributed by atoms with Crippen molar-refractivity contribution in [3.8, 4) is 17.4 Å². The molecule has 0 atom stereocenters. The van der Waals surface area contributed by atoms with E-state index < -0.39 is 11.8 Å². The summed E-state index contributed by atoms with van der Waals surface area (Å²) in [7, 11) is 0. The van der Waals surface area contributed by atoms with Crippen LogP contribution in [0, 0.1) is 5.82 Å². The lowest BCUT2D eigenvalue weighted by atomic mass is 9.91. The summed E-state index contributed by atoms with van der Waals surface area (Å²) in [6.07, 6.45) is 4.70. The number of allylic oxidation sites excluding steroid dienone is 2. The number of rotatable bonds is 2. The highest BCUT2D eigenvalue weighted by atomic mass is 19.1. The van der Waals surface area contributed by atoms with Gasteiger partial charge in [0.25, 0.3) is 0 Å². The lowest BCUT2D eigenvalue weighted by molar-refractivity contribution is -0.109. The molecule has 1 heterocycles. The second-order valence-electron chi connectivity index (χ2n) is 5.56. The Morgan fingerprint density at radius 3 is 2.76 bits per heavy atom. The Kier molecular flexibility index (Phi) is 3.54. The summed E-state index contributed by atoms with van der Waals surface area (Å²) in [6, 6.07) is 13.1. The van der Waals surface area contributed by atoms with E-state index in [2.05, 4.69) is 4.98 Å². The van der Waals surface area contributed by atoms with E-state index in [1.54, 1.807) is 12.1 Å². The number of aromatic nitrogens is 1. The molecule has 0 aliphatic heterocycles. The average Bonchev–Trinajstić information content (AvgIpc) is 2.98. The lowest BCUT2D eigenvalue weighted by Gasteiger charge is -2.12. The van der Waals surface area contributed by atoms with E-state index in [1.807, 2.05) is 24.3 Å². The zero-order chi connectivity index (χ0) is 17.4. The van der Waals surface area contributed by atoms with Gasteiger partial charge in [0.1, 0.15) is 11.5 Å². The van der Waals surface area contributed by atoms with E-state index in [0.717, 1.165) is 11.1 Å². The van der Waals surface area contributed by atoms with Crippen molar-refractivity contribution in [1.82, 2.24) is 4.98 Å². The van der Waals surface area contributed by atoms with Crippen LogP contribution in [0.1, 0.15) is 16.8 Å². The predicted molar refractivity (Wildman–Crippen MR) is 91.9 cm³/mol. The van der Waals surface area contributed by atoms with Crippen LogP contribution >= 0.6 is 0 Å². The van der Waals surface area contributed by atoms with Gasteiger partial charge >= 0.3 is 5.95 Å². The van der Waals surface area contributed by atoms with Crippen LogP contribution in [0.2, 0.25) is 0 Å². The van der Waals surface area contributed by atoms with Crippen molar-refractivity contribution in [2.24, 2.45) is 0 Å². The smallest absolute Gasteiger partial charge is 0.310 e. The maximum absolute atomic E-state index is 13.4. The van der Waals surface area contributed by atoms with Crippen LogP contribution in [0.4, 0.5) is 4.39 Å². The average molecular weight is 333 g/mol. The Balaban J connectivity index is 1.80. The van der Waals surface area contributed by atoms with Crippen molar-refractivity contribution in [1.29, 1.82) is 0 Å². The molecular weight excluding hydrogens is 321 g/mol. The minimum absolute atomic E-state index is 0.0796. The molecule has 3 aromatic rings. The highest BCUT2D eigenvalue weighted by Gasteiger charge is 2.20. The monoisotopic (exact) mass is 333 g/mol. The molecule has 4 nitrogen and oxygen atoms in total. The molecular formula is C20H12FNO3. The fourth-order valence-electron chi connectivity index (χ4n) is 2.72. The van der Waals surface area contributed by atoms with Gasteiger partial charge in [-0.25, -0.2) is 9.37 Å². The molecule has 0 amide bonds. The number of benzene rings is 2. The van der Waals surface area contributed by atoms with Gasteiger partial charge in [0.2, 0.25) is 5.89 Å². The van der Waals surface area contributed by atoms with Gasteiger partial charge in [0.15, 0.2) is 5.78 Å². The quantitative estimate of drug-likeness (QED) is 0.709. The number of ketones is 1. The fourth-order valence-corrected chi connectivity index (χ4v) is 2.72. The summed E-state index contributed by atoms with van der Waals surface area (Å²) in [5.74, 6) is -0.965. The van der Waals surface area contributed by atoms with E-state index in [9.17, 15) is 14.3 Å². The Hall–Kier alpha value is -3.47. The number of carbonyl (C=O) groups is 1. The Morgan fingerprint density at radius 1 is 1.08 bits per heavy atom. The molecule has 0 spiro atoms. The SMILES string of the molecule is O=C1C=Cc2ccccc2/C1=C/c1nc(-c2cccc(F)c2)oc1O. The van der Waals surface area contributed by atoms with Gasteiger partial charge in [-0.1, -0.05) is 36.4 Å². The molecule has 25 heavy (non-hydrogen) atoms. The fraction of sp³-hybridized carbons (Fsp3) is 0. The number of halogens is 1. The molecule has 0 saturated carbocycles. The van der Waals surface area contributed by atoms with Crippen molar-refractivity contribution in [3.05, 3.63) is 77.2 Å². The number of aromatic hydroxyl groups is 1. The molecule has 0 radical (unpaired) electrons. The van der Waals surface area contributed by atoms with E-state index in [4.69, 9.17) is 4.42 Å². The van der Waals surface area contributed by atoms with Gasteiger partial charge in [0, 0.05) is 11.1 Å². The maximum Gasteiger partial charge on any atom is 0.310 e. The van der Waals surface area contributed by atoms with Crippen molar-refractivity contribution < 1.29 is 18.7 Å². The zero-order valence-electron chi connectivity index (χ0n) is 12.9. The largest absolute Gasteiger partial charge is 0.479 e. The molecule has 0 saturated heterocycles. The molecule has 1 aromatic heterocycles. The van der Waals surface area contributed by atoms with E-state index >= 15 is 0 Å². The molecule has 1 N–H and O–H groups in total. The van der Waals surface area contributed by atoms with E-state index in [0.29, 0.717) is 11.1 Å². The van der Waals surface area contributed by atoms with E-state index in [1.165, 1.54) is 30.4 Å². The molecule has 0 bridgehead atoms. The van der Waals surface area contributed by atoms with Gasteiger partial charge in [-0.3, -0.25) is 4.79 Å². The van der Waals surface area contributed by atoms with Crippen molar-refractivity contribution in [2.75, 3.05) is 0 Å². The van der Waals surface area contributed by atoms with Gasteiger partial charge in [0.05, 0.1) is 0 Å². The van der Waals surface area contributed by atoms with Gasteiger partial charge in [-0.05, 0) is 41.5 Å². The Labute approximate surface area is 142 Å². The van der Waals surface area contributed by atoms with Gasteiger partial charge < -0.3 is 9.52 Å². The van der Waals surface area contributed by atoms with Crippen LogP contribution < -0.4 is 0 Å². The third kappa shape index (κ3) is 2.76. The van der Waals surface area contributed by atoms with Crippen LogP contribution in [-0.4, -0.2) is 15.9 Å². The highest BCUT2D eigenvalue weighted by molar-refractivity contribution is 6.33. The molecule has 4 rings (SSSR count). The number of carbonyl (C=O) groups excluding carboxylic acids is 1. The second kappa shape index (κ2) is 5.87. The van der Waals surface area contributed by atoms with Gasteiger partial charge in [-0.15, -0.1) is 0 Å². The molecule has 1 aliphatic carbocycles. The van der Waals surface area contributed by atoms with Crippen LogP contribution in [0.15, 0.2) is 59.0 Å². The van der Waals surface area contributed by atoms with Crippen LogP contribution in [0.5, 0.6) is 5.95 Å². The molecule has 5 heteroatoms. The number of nitrogens with zero attached hydrogens (tertiary/aromatic N) is 1. The zero-order valence-corrected chi connectivity index (χ0v) is 12.9. The number of oxazole rings is 1. The number of hydrogen-bond acceptors (Lipinski definition) is 4. The summed E-state index contributed by atoms with van der Waals surface area (Å²) >= 11 is 0. The predicted octanol–water partition coefficient (Wildman–Crippen LogP) is 4.32. The first-order chi connectivity index (χ1) is 12.1. The normalized spacial score (nSPS) is 14.8. The molecule has 2 aromatic carbocycles. The first kappa shape index (κ1) is 15.1. The van der Waals surface area contributed by atoms with Crippen LogP contribution in [0.3, 0.4) is 0 Å². The van der Waals surface area contributed by atoms with E-state index in [-0.39, 0.29) is 17.4 Å². The van der Waals surface area contributed by atoms with Crippen LogP contribution in [-0.2, 0) is 4.79 Å². The first-order valence-corrected chi connectivity index (χ1v) is 7.61. The molecule has 0 unspecified atom stereocenters. The summed E-state index contributed by atoms with van der Waals surface area (Å²) in [5, 5.41) is 10.0. The van der Waals surface area contributed by atoms with Crippen molar-refractivity contribution in [3.63, 3.8) is 0 Å². The minimum Gasteiger partial charge on any atom is -0.479 e. The Morgan fingerprint density at radius 2 is 1.92 bits per heavy atom. The highest BCUT2D eigenvalue weighted by Crippen LogP contribution is 2.32. The third-order valence-corrected chi connectivity index (χ3v) is 3.92. The molecule has 1 aliphatic rings. The van der Waals surface area contributed by atoms with Crippen molar-refractivity contribution >= 4 is 23.5 Å². The summed E-state index contributed by atoms with van der Waals surface area (Å²) in [6.45, 7) is 0. The lowest BCUT2D eigenvalue weighted by Crippen LogP contribution is -2.04. The molecule has 122 valence electrons. The standard InChI is InChI=1S/C20H12FNO3/c21-14-6-3-5-13(10-14)19-22-17(20(24)25-19)11-16-15-7-2-1-4-12(15)8-9-18(16)23/h1-11,24H/b16-11-. The third-order valence-electron chi connectivity index (χ3n) is 3.92. The topological polar surface area (TPSA) is 63.3 Å². The Bertz CT molecular complexity index is 1050. The van der Waals surface area contributed by atoms with Gasteiger partial charge in [-0.2, -0.15) is 0 Å². The number of hydrogen-bond donors (Lipinski definition) is 1. The van der Waals surface area contributed by atoms with Crippen LogP contribution in [0.25, 0.3) is 29.2 Å². The second-order valence-corrected chi connectivity index (χ2v) is 5.56. The summed E-state index contributed by atoms with van der Waals surface area (Å²) < 4.78 is 18.6. The first-order valence-electron chi connectivity index (χ1n) is 7.61. The maximum atomic E-state index is 13.4. The molecule has 0 fully saturated rings. The van der Waals surface area contributed by atoms with Crippen molar-refractivity contribution in [2.45, 2.75) is 0 Å². The minimum atomic E-state index is -0.434. The number of fused-ring (bicyclic) bond motifs is 1. The summed E-state index contributed by atoms with van der Waals surface area (Å²) in [4.78, 5) is 16.4. The summed E-state index contributed by atoms with van der Waals surface area (Å²) in [5.41, 5.74) is 2.59.